The minimum absolute atomic E-state index is 0.0151. The van der Waals surface area contributed by atoms with E-state index in [4.69, 9.17) is 0 Å². The molecule has 1 aromatic carbocycles. The number of aryl methyl sites for hydroxylation is 1. The first-order valence-corrected chi connectivity index (χ1v) is 6.14. The number of nitrogens with zero attached hydrogens (tertiary/aromatic N) is 2. The number of hydrogen-bond acceptors (Lipinski definition) is 4. The van der Waals surface area contributed by atoms with Crippen molar-refractivity contribution in [3.63, 3.8) is 0 Å². The van der Waals surface area contributed by atoms with Crippen molar-refractivity contribution in [2.24, 2.45) is 0 Å². The molecule has 1 N–H and O–H groups in total. The minimum atomic E-state index is -0.509. The molecule has 0 aliphatic carbocycles. The molecule has 6 heteroatoms. The Labute approximate surface area is 112 Å². The molecular formula is C13H19N3O3. The third-order valence-electron chi connectivity index (χ3n) is 3.01. The standard InChI is InChI=1S/C13H19N3O3/c1-5-15(4)13(17)10(3)14-11-8-6-7-9(2)12(11)16(18)19/h6-8,10,14H,5H2,1-4H3. The van der Waals surface area contributed by atoms with Crippen LogP contribution >= 0.6 is 0 Å². The summed E-state index contributed by atoms with van der Waals surface area (Å²) in [6, 6.07) is 4.51. The lowest BCUT2D eigenvalue weighted by atomic mass is 10.1. The van der Waals surface area contributed by atoms with Crippen molar-refractivity contribution in [1.82, 2.24) is 4.90 Å². The monoisotopic (exact) mass is 265 g/mol. The number of rotatable bonds is 5. The Balaban J connectivity index is 2.97. The predicted octanol–water partition coefficient (Wildman–Crippen LogP) is 2.18. The molecule has 0 radical (unpaired) electrons. The van der Waals surface area contributed by atoms with Crippen LogP contribution in [0.1, 0.15) is 19.4 Å². The minimum Gasteiger partial charge on any atom is -0.368 e. The predicted molar refractivity (Wildman–Crippen MR) is 74.2 cm³/mol. The van der Waals surface area contributed by atoms with E-state index in [1.165, 1.54) is 0 Å². The smallest absolute Gasteiger partial charge is 0.295 e. The number of amides is 1. The van der Waals surface area contributed by atoms with Gasteiger partial charge in [0.2, 0.25) is 5.91 Å². The van der Waals surface area contributed by atoms with Crippen molar-refractivity contribution in [3.05, 3.63) is 33.9 Å². The van der Waals surface area contributed by atoms with Gasteiger partial charge in [-0.05, 0) is 26.8 Å². The third kappa shape index (κ3) is 3.43. The topological polar surface area (TPSA) is 75.5 Å². The fourth-order valence-electron chi connectivity index (χ4n) is 1.80. The molecule has 1 atom stereocenters. The fourth-order valence-corrected chi connectivity index (χ4v) is 1.80. The molecule has 0 aromatic heterocycles. The molecule has 1 amide bonds. The molecule has 104 valence electrons. The summed E-state index contributed by atoms with van der Waals surface area (Å²) in [5, 5.41) is 14.0. The Morgan fingerprint density at radius 1 is 1.53 bits per heavy atom. The van der Waals surface area contributed by atoms with E-state index in [9.17, 15) is 14.9 Å². The van der Waals surface area contributed by atoms with Gasteiger partial charge in [0.05, 0.1) is 4.92 Å². The Kier molecular flexibility index (Phi) is 4.86. The van der Waals surface area contributed by atoms with E-state index in [1.807, 2.05) is 6.92 Å². The van der Waals surface area contributed by atoms with Gasteiger partial charge in [0.1, 0.15) is 11.7 Å². The van der Waals surface area contributed by atoms with Crippen LogP contribution in [-0.2, 0) is 4.79 Å². The molecule has 1 aromatic rings. The van der Waals surface area contributed by atoms with E-state index in [1.54, 1.807) is 44.0 Å². The van der Waals surface area contributed by atoms with Crippen LogP contribution in [0, 0.1) is 17.0 Å². The number of nitrogens with one attached hydrogen (secondary N) is 1. The van der Waals surface area contributed by atoms with Crippen molar-refractivity contribution in [2.45, 2.75) is 26.8 Å². The Morgan fingerprint density at radius 3 is 2.68 bits per heavy atom. The number of anilines is 1. The summed E-state index contributed by atoms with van der Waals surface area (Å²) in [5.41, 5.74) is 0.954. The second-order valence-electron chi connectivity index (χ2n) is 4.45. The number of carbonyl (C=O) groups excluding carboxylic acids is 1. The number of nitro benzene ring substituents is 1. The van der Waals surface area contributed by atoms with Gasteiger partial charge in [-0.3, -0.25) is 14.9 Å². The quantitative estimate of drug-likeness (QED) is 0.654. The second kappa shape index (κ2) is 6.17. The first-order chi connectivity index (χ1) is 8.88. The second-order valence-corrected chi connectivity index (χ2v) is 4.45. The molecule has 0 heterocycles. The third-order valence-corrected chi connectivity index (χ3v) is 3.01. The summed E-state index contributed by atoms with van der Waals surface area (Å²) in [7, 11) is 1.70. The van der Waals surface area contributed by atoms with Gasteiger partial charge in [-0.2, -0.15) is 0 Å². The molecule has 0 saturated carbocycles. The van der Waals surface area contributed by atoms with Gasteiger partial charge < -0.3 is 10.2 Å². The molecule has 0 saturated heterocycles. The average Bonchev–Trinajstić information content (AvgIpc) is 2.36. The van der Waals surface area contributed by atoms with Crippen LogP contribution in [0.2, 0.25) is 0 Å². The summed E-state index contributed by atoms with van der Waals surface area (Å²) in [5.74, 6) is -0.0988. The highest BCUT2D eigenvalue weighted by atomic mass is 16.6. The zero-order valence-corrected chi connectivity index (χ0v) is 11.6. The first-order valence-electron chi connectivity index (χ1n) is 6.14. The van der Waals surface area contributed by atoms with Crippen molar-refractivity contribution in [2.75, 3.05) is 18.9 Å². The van der Waals surface area contributed by atoms with E-state index >= 15 is 0 Å². The molecule has 0 aliphatic rings. The largest absolute Gasteiger partial charge is 0.368 e. The van der Waals surface area contributed by atoms with E-state index in [2.05, 4.69) is 5.32 Å². The number of para-hydroxylation sites is 1. The number of hydrogen-bond donors (Lipinski definition) is 1. The lowest BCUT2D eigenvalue weighted by molar-refractivity contribution is -0.384. The van der Waals surface area contributed by atoms with Gasteiger partial charge in [0, 0.05) is 19.2 Å². The van der Waals surface area contributed by atoms with E-state index in [0.29, 0.717) is 17.8 Å². The summed E-state index contributed by atoms with van der Waals surface area (Å²) >= 11 is 0. The van der Waals surface area contributed by atoms with Gasteiger partial charge in [0.15, 0.2) is 0 Å². The first kappa shape index (κ1) is 14.9. The fraction of sp³-hybridized carbons (Fsp3) is 0.462. The van der Waals surface area contributed by atoms with E-state index < -0.39 is 11.0 Å². The lowest BCUT2D eigenvalue weighted by Crippen LogP contribution is -2.38. The van der Waals surface area contributed by atoms with Gasteiger partial charge >= 0.3 is 0 Å². The van der Waals surface area contributed by atoms with Crippen LogP contribution in [0.25, 0.3) is 0 Å². The van der Waals surface area contributed by atoms with Gasteiger partial charge in [-0.15, -0.1) is 0 Å². The van der Waals surface area contributed by atoms with Crippen molar-refractivity contribution in [3.8, 4) is 0 Å². The van der Waals surface area contributed by atoms with Crippen molar-refractivity contribution in [1.29, 1.82) is 0 Å². The maximum Gasteiger partial charge on any atom is 0.295 e. The van der Waals surface area contributed by atoms with Crippen LogP contribution in [0.5, 0.6) is 0 Å². The number of likely N-dealkylation sites (N-methyl/N-ethyl adjacent to an activating group) is 1. The lowest BCUT2D eigenvalue weighted by Gasteiger charge is -2.21. The van der Waals surface area contributed by atoms with Crippen LogP contribution in [-0.4, -0.2) is 35.4 Å². The molecule has 0 bridgehead atoms. The molecule has 6 nitrogen and oxygen atoms in total. The van der Waals surface area contributed by atoms with Gasteiger partial charge in [-0.1, -0.05) is 12.1 Å². The molecule has 0 fully saturated rings. The maximum atomic E-state index is 11.9. The average molecular weight is 265 g/mol. The van der Waals surface area contributed by atoms with E-state index in [0.717, 1.165) is 0 Å². The molecular weight excluding hydrogens is 246 g/mol. The Hall–Kier alpha value is -2.11. The van der Waals surface area contributed by atoms with Gasteiger partial charge in [0.25, 0.3) is 5.69 Å². The van der Waals surface area contributed by atoms with Crippen LogP contribution in [0.15, 0.2) is 18.2 Å². The Bertz CT molecular complexity index is 488. The molecule has 0 spiro atoms. The summed E-state index contributed by atoms with van der Waals surface area (Å²) < 4.78 is 0. The number of nitro groups is 1. The Morgan fingerprint density at radius 2 is 2.16 bits per heavy atom. The van der Waals surface area contributed by atoms with Crippen LogP contribution in [0.4, 0.5) is 11.4 Å². The van der Waals surface area contributed by atoms with E-state index in [-0.39, 0.29) is 11.6 Å². The zero-order chi connectivity index (χ0) is 14.6. The SMILES string of the molecule is CCN(C)C(=O)C(C)Nc1cccc(C)c1[N+](=O)[O-]. The number of carbonyl (C=O) groups is 1. The highest BCUT2D eigenvalue weighted by molar-refractivity contribution is 5.85. The highest BCUT2D eigenvalue weighted by Gasteiger charge is 2.22. The zero-order valence-electron chi connectivity index (χ0n) is 11.6. The highest BCUT2D eigenvalue weighted by Crippen LogP contribution is 2.28. The molecule has 19 heavy (non-hydrogen) atoms. The summed E-state index contributed by atoms with van der Waals surface area (Å²) in [6.07, 6.45) is 0. The normalized spacial score (nSPS) is 11.8. The van der Waals surface area contributed by atoms with Crippen molar-refractivity contribution >= 4 is 17.3 Å². The molecule has 0 aliphatic heterocycles. The van der Waals surface area contributed by atoms with Crippen molar-refractivity contribution < 1.29 is 9.72 Å². The maximum absolute atomic E-state index is 11.9. The molecule has 1 rings (SSSR count). The van der Waals surface area contributed by atoms with Crippen LogP contribution in [0.3, 0.4) is 0 Å². The number of benzene rings is 1. The van der Waals surface area contributed by atoms with Crippen LogP contribution < -0.4 is 5.32 Å². The summed E-state index contributed by atoms with van der Waals surface area (Å²) in [6.45, 7) is 5.84. The molecule has 1 unspecified atom stereocenters. The summed E-state index contributed by atoms with van der Waals surface area (Å²) in [4.78, 5) is 24.1. The van der Waals surface area contributed by atoms with Gasteiger partial charge in [-0.25, -0.2) is 0 Å².